The van der Waals surface area contributed by atoms with Crippen molar-refractivity contribution < 1.29 is 22.3 Å². The minimum atomic E-state index is -4.03. The van der Waals surface area contributed by atoms with Gasteiger partial charge in [0.1, 0.15) is 11.6 Å². The largest absolute Gasteiger partial charge is 0.395 e. The molecular formula is C13H18F2N2O3S. The highest BCUT2D eigenvalue weighted by Crippen LogP contribution is 2.24. The lowest BCUT2D eigenvalue weighted by molar-refractivity contribution is 0.156. The molecule has 0 saturated carbocycles. The summed E-state index contributed by atoms with van der Waals surface area (Å²) in [5.41, 5.74) is -0.331. The Morgan fingerprint density at radius 2 is 2.05 bits per heavy atom. The van der Waals surface area contributed by atoms with E-state index < -0.39 is 33.6 Å². The highest BCUT2D eigenvalue weighted by molar-refractivity contribution is 7.90. The van der Waals surface area contributed by atoms with Gasteiger partial charge in [0, 0.05) is 18.7 Å². The zero-order valence-corrected chi connectivity index (χ0v) is 12.5. The number of hydrogen-bond donors (Lipinski definition) is 2. The summed E-state index contributed by atoms with van der Waals surface area (Å²) >= 11 is 0. The summed E-state index contributed by atoms with van der Waals surface area (Å²) in [6, 6.07) is 1.22. The molecule has 2 rings (SSSR count). The van der Waals surface area contributed by atoms with Crippen LogP contribution < -0.4 is 4.72 Å². The van der Waals surface area contributed by atoms with Gasteiger partial charge in [0.05, 0.1) is 12.3 Å². The van der Waals surface area contributed by atoms with Crippen molar-refractivity contribution in [1.29, 1.82) is 0 Å². The van der Waals surface area contributed by atoms with Gasteiger partial charge in [0.2, 0.25) is 0 Å². The fourth-order valence-corrected chi connectivity index (χ4v) is 3.88. The molecule has 0 spiro atoms. The van der Waals surface area contributed by atoms with Crippen LogP contribution in [-0.2, 0) is 10.2 Å². The third-order valence-corrected chi connectivity index (χ3v) is 5.16. The molecule has 1 saturated heterocycles. The SMILES string of the molecule is Cc1cc(F)c(NS(=O)(=O)N2CCCCC2CO)cc1F. The first-order valence-electron chi connectivity index (χ1n) is 6.71. The number of nitrogens with one attached hydrogen (secondary N) is 1. The third-order valence-electron chi connectivity index (χ3n) is 3.58. The van der Waals surface area contributed by atoms with Crippen LogP contribution in [0.25, 0.3) is 0 Å². The van der Waals surface area contributed by atoms with Crippen LogP contribution >= 0.6 is 0 Å². The molecule has 0 aromatic heterocycles. The monoisotopic (exact) mass is 320 g/mol. The van der Waals surface area contributed by atoms with Gasteiger partial charge in [-0.15, -0.1) is 0 Å². The molecule has 118 valence electrons. The van der Waals surface area contributed by atoms with Crippen molar-refractivity contribution in [2.45, 2.75) is 32.2 Å². The maximum absolute atomic E-state index is 13.7. The number of aliphatic hydroxyl groups excluding tert-OH is 1. The Hall–Kier alpha value is -1.25. The molecule has 0 radical (unpaired) electrons. The van der Waals surface area contributed by atoms with Crippen molar-refractivity contribution in [1.82, 2.24) is 4.31 Å². The highest BCUT2D eigenvalue weighted by Gasteiger charge is 2.32. The first kappa shape index (κ1) is 16.1. The number of aliphatic hydroxyl groups is 1. The number of nitrogens with zero attached hydrogens (tertiary/aromatic N) is 1. The lowest BCUT2D eigenvalue weighted by Gasteiger charge is -2.33. The zero-order valence-electron chi connectivity index (χ0n) is 11.6. The van der Waals surface area contributed by atoms with E-state index in [4.69, 9.17) is 0 Å². The van der Waals surface area contributed by atoms with Crippen molar-refractivity contribution in [2.24, 2.45) is 0 Å². The maximum Gasteiger partial charge on any atom is 0.302 e. The fourth-order valence-electron chi connectivity index (χ4n) is 2.40. The van der Waals surface area contributed by atoms with Crippen LogP contribution in [0.5, 0.6) is 0 Å². The van der Waals surface area contributed by atoms with Crippen molar-refractivity contribution >= 4 is 15.9 Å². The van der Waals surface area contributed by atoms with Gasteiger partial charge in [-0.05, 0) is 31.4 Å². The molecule has 5 nitrogen and oxygen atoms in total. The molecule has 1 fully saturated rings. The van der Waals surface area contributed by atoms with Gasteiger partial charge in [-0.1, -0.05) is 6.42 Å². The number of anilines is 1. The Bertz CT molecular complexity index is 622. The van der Waals surface area contributed by atoms with E-state index >= 15 is 0 Å². The Morgan fingerprint density at radius 1 is 1.33 bits per heavy atom. The average Bonchev–Trinajstić information content (AvgIpc) is 2.44. The predicted molar refractivity (Wildman–Crippen MR) is 75.1 cm³/mol. The summed E-state index contributed by atoms with van der Waals surface area (Å²) in [5.74, 6) is -1.53. The Balaban J connectivity index is 2.26. The van der Waals surface area contributed by atoms with E-state index in [0.717, 1.165) is 22.9 Å². The normalized spacial score (nSPS) is 20.5. The summed E-state index contributed by atoms with van der Waals surface area (Å²) in [5, 5.41) is 9.26. The molecule has 2 N–H and O–H groups in total. The second kappa shape index (κ2) is 6.25. The maximum atomic E-state index is 13.7. The van der Waals surface area contributed by atoms with Gasteiger partial charge in [-0.25, -0.2) is 8.78 Å². The van der Waals surface area contributed by atoms with Crippen LogP contribution in [-0.4, -0.2) is 37.0 Å². The molecule has 21 heavy (non-hydrogen) atoms. The second-order valence-electron chi connectivity index (χ2n) is 5.13. The highest BCUT2D eigenvalue weighted by atomic mass is 32.2. The van der Waals surface area contributed by atoms with Gasteiger partial charge in [-0.3, -0.25) is 4.72 Å². The minimum Gasteiger partial charge on any atom is -0.395 e. The minimum absolute atomic E-state index is 0.0988. The van der Waals surface area contributed by atoms with Crippen LogP contribution in [0.2, 0.25) is 0 Å². The summed E-state index contributed by atoms with van der Waals surface area (Å²) in [7, 11) is -4.03. The van der Waals surface area contributed by atoms with E-state index in [9.17, 15) is 22.3 Å². The number of hydrogen-bond acceptors (Lipinski definition) is 3. The zero-order chi connectivity index (χ0) is 15.6. The summed E-state index contributed by atoms with van der Waals surface area (Å²) in [4.78, 5) is 0. The number of halogens is 2. The Morgan fingerprint density at radius 3 is 2.71 bits per heavy atom. The van der Waals surface area contributed by atoms with E-state index in [2.05, 4.69) is 4.72 Å². The fraction of sp³-hybridized carbons (Fsp3) is 0.538. The van der Waals surface area contributed by atoms with Crippen LogP contribution in [0.4, 0.5) is 14.5 Å². The first-order valence-corrected chi connectivity index (χ1v) is 8.15. The Kier molecular flexibility index (Phi) is 4.80. The van der Waals surface area contributed by atoms with E-state index in [1.165, 1.54) is 6.92 Å². The smallest absolute Gasteiger partial charge is 0.302 e. The molecule has 0 aliphatic carbocycles. The lowest BCUT2D eigenvalue weighted by atomic mass is 10.1. The van der Waals surface area contributed by atoms with Gasteiger partial charge < -0.3 is 5.11 Å². The number of benzene rings is 1. The molecule has 8 heteroatoms. The van der Waals surface area contributed by atoms with Crippen LogP contribution in [0.15, 0.2) is 12.1 Å². The van der Waals surface area contributed by atoms with E-state index in [1.54, 1.807) is 0 Å². The Labute approximate surface area is 122 Å². The van der Waals surface area contributed by atoms with E-state index in [0.29, 0.717) is 12.8 Å². The molecular weight excluding hydrogens is 302 g/mol. The standard InChI is InChI=1S/C13H18F2N2O3S/c1-9-6-12(15)13(7-11(9)14)16-21(19,20)17-5-3-2-4-10(17)8-18/h6-7,10,16,18H,2-5,8H2,1H3. The second-order valence-corrected chi connectivity index (χ2v) is 6.75. The molecule has 1 aromatic carbocycles. The number of piperidine rings is 1. The summed E-state index contributed by atoms with van der Waals surface area (Å²) < 4.78 is 55.0. The first-order chi connectivity index (χ1) is 9.85. The molecule has 1 unspecified atom stereocenters. The summed E-state index contributed by atoms with van der Waals surface area (Å²) in [6.45, 7) is 1.34. The quantitative estimate of drug-likeness (QED) is 0.888. The third kappa shape index (κ3) is 3.50. The van der Waals surface area contributed by atoms with Crippen LogP contribution in [0, 0.1) is 18.6 Å². The molecule has 1 aromatic rings. The molecule has 1 aliphatic rings. The number of rotatable bonds is 4. The van der Waals surface area contributed by atoms with Crippen LogP contribution in [0.3, 0.4) is 0 Å². The lowest BCUT2D eigenvalue weighted by Crippen LogP contribution is -2.48. The van der Waals surface area contributed by atoms with E-state index in [-0.39, 0.29) is 18.7 Å². The molecule has 1 aliphatic heterocycles. The molecule has 1 heterocycles. The van der Waals surface area contributed by atoms with Crippen LogP contribution in [0.1, 0.15) is 24.8 Å². The average molecular weight is 320 g/mol. The van der Waals surface area contributed by atoms with Crippen molar-refractivity contribution in [2.75, 3.05) is 17.9 Å². The van der Waals surface area contributed by atoms with Gasteiger partial charge >= 0.3 is 10.2 Å². The van der Waals surface area contributed by atoms with Crippen molar-refractivity contribution in [3.63, 3.8) is 0 Å². The van der Waals surface area contributed by atoms with Gasteiger partial charge in [-0.2, -0.15) is 12.7 Å². The van der Waals surface area contributed by atoms with E-state index in [1.807, 2.05) is 0 Å². The molecule has 0 bridgehead atoms. The van der Waals surface area contributed by atoms with Gasteiger partial charge in [0.15, 0.2) is 0 Å². The number of aryl methyl sites for hydroxylation is 1. The van der Waals surface area contributed by atoms with Crippen molar-refractivity contribution in [3.8, 4) is 0 Å². The predicted octanol–water partition coefficient (Wildman–Crippen LogP) is 1.78. The summed E-state index contributed by atoms with van der Waals surface area (Å²) in [6.07, 6.45) is 2.04. The molecule has 1 atom stereocenters. The molecule has 0 amide bonds. The van der Waals surface area contributed by atoms with Gasteiger partial charge in [0.25, 0.3) is 0 Å². The topological polar surface area (TPSA) is 69.6 Å². The van der Waals surface area contributed by atoms with Crippen molar-refractivity contribution in [3.05, 3.63) is 29.3 Å².